The summed E-state index contributed by atoms with van der Waals surface area (Å²) in [6, 6.07) is 0. The SMILES string of the molecule is CCCCCCCCCCCCCC(=O)NC(CC)[N+](C)(C)CC(O)CO. The van der Waals surface area contributed by atoms with Crippen LogP contribution in [0.4, 0.5) is 0 Å². The lowest BCUT2D eigenvalue weighted by molar-refractivity contribution is -0.920. The van der Waals surface area contributed by atoms with E-state index in [1.807, 2.05) is 21.0 Å². The number of nitrogens with one attached hydrogen (secondary N) is 1. The van der Waals surface area contributed by atoms with Crippen LogP contribution in [0, 0.1) is 0 Å². The number of hydrogen-bond donors (Lipinski definition) is 3. The summed E-state index contributed by atoms with van der Waals surface area (Å²) >= 11 is 0. The van der Waals surface area contributed by atoms with Crippen molar-refractivity contribution in [1.29, 1.82) is 0 Å². The van der Waals surface area contributed by atoms with Crippen molar-refractivity contribution in [2.75, 3.05) is 27.2 Å². The molecule has 0 aliphatic carbocycles. The van der Waals surface area contributed by atoms with Crippen LogP contribution in [0.5, 0.6) is 0 Å². The van der Waals surface area contributed by atoms with E-state index < -0.39 is 6.10 Å². The minimum absolute atomic E-state index is 0.0357. The van der Waals surface area contributed by atoms with Crippen LogP contribution in [0.15, 0.2) is 0 Å². The second kappa shape index (κ2) is 16.3. The second-order valence-corrected chi connectivity index (χ2v) is 8.57. The lowest BCUT2D eigenvalue weighted by atomic mass is 10.1. The smallest absolute Gasteiger partial charge is 0.224 e. The van der Waals surface area contributed by atoms with E-state index >= 15 is 0 Å². The van der Waals surface area contributed by atoms with Gasteiger partial charge in [0.05, 0.1) is 20.7 Å². The van der Waals surface area contributed by atoms with Crippen LogP contribution >= 0.6 is 0 Å². The van der Waals surface area contributed by atoms with Crippen molar-refractivity contribution in [2.45, 2.75) is 110 Å². The zero-order valence-electron chi connectivity index (χ0n) is 18.5. The Bertz CT molecular complexity index is 361. The summed E-state index contributed by atoms with van der Waals surface area (Å²) < 4.78 is 0.474. The normalized spacial score (nSPS) is 14.1. The maximum absolute atomic E-state index is 12.2. The molecule has 0 aromatic heterocycles. The topological polar surface area (TPSA) is 69.6 Å². The van der Waals surface area contributed by atoms with Crippen molar-refractivity contribution in [1.82, 2.24) is 5.32 Å². The van der Waals surface area contributed by atoms with Crippen molar-refractivity contribution in [3.8, 4) is 0 Å². The summed E-state index contributed by atoms with van der Waals surface area (Å²) in [6.07, 6.45) is 14.7. The Hall–Kier alpha value is -0.650. The first-order valence-corrected chi connectivity index (χ1v) is 11.3. The van der Waals surface area contributed by atoms with Crippen LogP contribution in [-0.2, 0) is 4.79 Å². The molecule has 0 radical (unpaired) electrons. The van der Waals surface area contributed by atoms with Gasteiger partial charge in [-0.15, -0.1) is 0 Å². The van der Waals surface area contributed by atoms with Crippen LogP contribution in [-0.4, -0.2) is 60.1 Å². The predicted octanol–water partition coefficient (Wildman–Crippen LogP) is 3.97. The van der Waals surface area contributed by atoms with E-state index in [-0.39, 0.29) is 18.7 Å². The number of rotatable bonds is 18. The third-order valence-electron chi connectivity index (χ3n) is 5.46. The number of aliphatic hydroxyl groups excluding tert-OH is 2. The van der Waals surface area contributed by atoms with Gasteiger partial charge in [0.15, 0.2) is 6.17 Å². The van der Waals surface area contributed by atoms with Gasteiger partial charge in [-0.25, -0.2) is 0 Å². The highest BCUT2D eigenvalue weighted by Gasteiger charge is 2.30. The first-order chi connectivity index (χ1) is 12.9. The van der Waals surface area contributed by atoms with Gasteiger partial charge in [-0.1, -0.05) is 78.1 Å². The van der Waals surface area contributed by atoms with Gasteiger partial charge in [-0.3, -0.25) is 4.79 Å². The number of carbonyl (C=O) groups is 1. The highest BCUT2D eigenvalue weighted by Crippen LogP contribution is 2.13. The Morgan fingerprint density at radius 1 is 0.889 bits per heavy atom. The van der Waals surface area contributed by atoms with Crippen molar-refractivity contribution in [3.05, 3.63) is 0 Å². The van der Waals surface area contributed by atoms with Gasteiger partial charge in [0.25, 0.3) is 0 Å². The Morgan fingerprint density at radius 2 is 1.37 bits per heavy atom. The Kier molecular flexibility index (Phi) is 15.9. The predicted molar refractivity (Wildman–Crippen MR) is 113 cm³/mol. The Balaban J connectivity index is 3.80. The Morgan fingerprint density at radius 3 is 1.81 bits per heavy atom. The van der Waals surface area contributed by atoms with Crippen LogP contribution in [0.3, 0.4) is 0 Å². The zero-order valence-corrected chi connectivity index (χ0v) is 18.5. The van der Waals surface area contributed by atoms with E-state index in [1.54, 1.807) is 0 Å². The van der Waals surface area contributed by atoms with E-state index in [0.717, 1.165) is 19.3 Å². The molecule has 0 aromatic carbocycles. The summed E-state index contributed by atoms with van der Waals surface area (Å²) in [6.45, 7) is 4.47. The van der Waals surface area contributed by atoms with Gasteiger partial charge in [0, 0.05) is 12.8 Å². The molecule has 5 heteroatoms. The molecule has 0 saturated heterocycles. The minimum Gasteiger partial charge on any atom is -0.393 e. The number of aliphatic hydroxyl groups is 2. The molecule has 0 aliphatic heterocycles. The highest BCUT2D eigenvalue weighted by atomic mass is 16.3. The molecule has 2 atom stereocenters. The standard InChI is InChI=1S/C22H46N2O3/c1-5-7-8-9-10-11-12-13-14-15-16-17-22(27)23-21(6-2)24(3,4)18-20(26)19-25/h20-21,25-26H,5-19H2,1-4H3/p+1. The van der Waals surface area contributed by atoms with E-state index in [1.165, 1.54) is 57.8 Å². The van der Waals surface area contributed by atoms with Gasteiger partial charge in [-0.05, 0) is 6.42 Å². The number of hydrogen-bond acceptors (Lipinski definition) is 3. The van der Waals surface area contributed by atoms with Crippen molar-refractivity contribution < 1.29 is 19.5 Å². The van der Waals surface area contributed by atoms with Gasteiger partial charge in [0.2, 0.25) is 5.91 Å². The molecule has 1 amide bonds. The average molecular weight is 388 g/mol. The summed E-state index contributed by atoms with van der Waals surface area (Å²) in [4.78, 5) is 12.2. The second-order valence-electron chi connectivity index (χ2n) is 8.57. The molecular weight excluding hydrogens is 340 g/mol. The van der Waals surface area contributed by atoms with E-state index in [2.05, 4.69) is 12.2 Å². The van der Waals surface area contributed by atoms with Gasteiger partial charge in [-0.2, -0.15) is 0 Å². The maximum atomic E-state index is 12.2. The fourth-order valence-corrected chi connectivity index (χ4v) is 3.71. The van der Waals surface area contributed by atoms with Crippen molar-refractivity contribution in [3.63, 3.8) is 0 Å². The van der Waals surface area contributed by atoms with Crippen molar-refractivity contribution >= 4 is 5.91 Å². The van der Waals surface area contributed by atoms with Crippen LogP contribution in [0.1, 0.15) is 97.3 Å². The van der Waals surface area contributed by atoms with E-state index in [4.69, 9.17) is 5.11 Å². The third kappa shape index (κ3) is 14.1. The quantitative estimate of drug-likeness (QED) is 0.189. The van der Waals surface area contributed by atoms with Gasteiger partial charge in [0.1, 0.15) is 12.6 Å². The zero-order chi connectivity index (χ0) is 20.5. The third-order valence-corrected chi connectivity index (χ3v) is 5.46. The van der Waals surface area contributed by atoms with Crippen LogP contribution in [0.25, 0.3) is 0 Å². The number of quaternary nitrogens is 1. The molecule has 0 saturated carbocycles. The average Bonchev–Trinajstić information content (AvgIpc) is 2.63. The molecule has 0 heterocycles. The first-order valence-electron chi connectivity index (χ1n) is 11.3. The molecule has 0 aliphatic rings. The van der Waals surface area contributed by atoms with Crippen LogP contribution in [0.2, 0.25) is 0 Å². The molecule has 2 unspecified atom stereocenters. The molecule has 0 rings (SSSR count). The largest absolute Gasteiger partial charge is 0.393 e. The fourth-order valence-electron chi connectivity index (χ4n) is 3.71. The number of likely N-dealkylation sites (N-methyl/N-ethyl adjacent to an activating group) is 1. The molecule has 27 heavy (non-hydrogen) atoms. The molecule has 0 bridgehead atoms. The van der Waals surface area contributed by atoms with E-state index in [9.17, 15) is 9.90 Å². The fraction of sp³-hybridized carbons (Fsp3) is 0.955. The summed E-state index contributed by atoms with van der Waals surface area (Å²) in [5.41, 5.74) is 0. The maximum Gasteiger partial charge on any atom is 0.224 e. The summed E-state index contributed by atoms with van der Waals surface area (Å²) in [5, 5.41) is 21.9. The van der Waals surface area contributed by atoms with Crippen LogP contribution < -0.4 is 5.32 Å². The van der Waals surface area contributed by atoms with Gasteiger partial charge < -0.3 is 20.0 Å². The lowest BCUT2D eigenvalue weighted by Gasteiger charge is -2.39. The molecular formula is C22H47N2O3+. The highest BCUT2D eigenvalue weighted by molar-refractivity contribution is 5.75. The molecule has 0 spiro atoms. The number of nitrogens with zero attached hydrogens (tertiary/aromatic N) is 1. The molecule has 5 nitrogen and oxygen atoms in total. The molecule has 0 fully saturated rings. The summed E-state index contributed by atoms with van der Waals surface area (Å²) in [5.74, 6) is 0.0995. The molecule has 0 aromatic rings. The van der Waals surface area contributed by atoms with E-state index in [0.29, 0.717) is 17.4 Å². The molecule has 162 valence electrons. The monoisotopic (exact) mass is 387 g/mol. The summed E-state index contributed by atoms with van der Waals surface area (Å²) in [7, 11) is 3.96. The minimum atomic E-state index is -0.752. The number of amides is 1. The molecule has 3 N–H and O–H groups in total. The first kappa shape index (κ1) is 26.4. The Labute approximate surface area is 168 Å². The number of unbranched alkanes of at least 4 members (excludes halogenated alkanes) is 10. The number of carbonyl (C=O) groups excluding carboxylic acids is 1. The lowest BCUT2D eigenvalue weighted by Crippen LogP contribution is -2.60. The van der Waals surface area contributed by atoms with Gasteiger partial charge >= 0.3 is 0 Å². The van der Waals surface area contributed by atoms with Crippen molar-refractivity contribution in [2.24, 2.45) is 0 Å².